The molecule has 0 saturated carbocycles. The lowest BCUT2D eigenvalue weighted by Gasteiger charge is -2.09. The van der Waals surface area contributed by atoms with Crippen LogP contribution in [0.25, 0.3) is 16.2 Å². The second-order valence-corrected chi connectivity index (χ2v) is 4.83. The number of hydrogen-bond donors (Lipinski definition) is 1. The van der Waals surface area contributed by atoms with E-state index in [1.807, 2.05) is 36.6 Å². The molecular weight excluding hydrogens is 278 g/mol. The van der Waals surface area contributed by atoms with E-state index in [9.17, 15) is 9.90 Å². The van der Waals surface area contributed by atoms with Crippen LogP contribution in [0.3, 0.4) is 0 Å². The summed E-state index contributed by atoms with van der Waals surface area (Å²) in [5.41, 5.74) is 1.54. The summed E-state index contributed by atoms with van der Waals surface area (Å²) in [6.07, 6.45) is 0. The number of benzene rings is 1. The highest BCUT2D eigenvalue weighted by Crippen LogP contribution is 2.33. The van der Waals surface area contributed by atoms with Crippen LogP contribution in [-0.2, 0) is 0 Å². The fraction of sp³-hybridized carbons (Fsp3) is 0.154. The zero-order valence-corrected chi connectivity index (χ0v) is 11.4. The van der Waals surface area contributed by atoms with Gasteiger partial charge in [0.25, 0.3) is 0 Å². The molecular formula is C13H11N3O3S. The molecule has 3 aromatic rings. The average molecular weight is 289 g/mol. The Morgan fingerprint density at radius 1 is 1.40 bits per heavy atom. The summed E-state index contributed by atoms with van der Waals surface area (Å²) in [6, 6.07) is 7.50. The molecule has 0 saturated heterocycles. The van der Waals surface area contributed by atoms with Gasteiger partial charge in [-0.25, -0.2) is 4.79 Å². The number of para-hydroxylation sites is 1. The van der Waals surface area contributed by atoms with Crippen LogP contribution in [0.1, 0.15) is 17.5 Å². The predicted molar refractivity (Wildman–Crippen MR) is 74.4 cm³/mol. The largest absolute Gasteiger partial charge is 0.493 e. The number of carboxylic acid groups (broad SMARTS) is 1. The lowest BCUT2D eigenvalue weighted by molar-refractivity contribution is 0.0682. The Morgan fingerprint density at radius 2 is 2.20 bits per heavy atom. The minimum absolute atomic E-state index is 0.0949. The number of nitrogens with zero attached hydrogens (tertiary/aromatic N) is 3. The zero-order valence-electron chi connectivity index (χ0n) is 10.6. The molecule has 6 nitrogen and oxygen atoms in total. The monoisotopic (exact) mass is 289 g/mol. The number of carbonyl (C=O) groups is 1. The molecule has 0 bridgehead atoms. The van der Waals surface area contributed by atoms with Crippen molar-refractivity contribution in [3.8, 4) is 17.0 Å². The molecule has 3 rings (SSSR count). The molecule has 0 spiro atoms. The van der Waals surface area contributed by atoms with Crippen molar-refractivity contribution in [1.29, 1.82) is 0 Å². The molecule has 0 radical (unpaired) electrons. The topological polar surface area (TPSA) is 76.7 Å². The smallest absolute Gasteiger partial charge is 0.374 e. The van der Waals surface area contributed by atoms with E-state index in [4.69, 9.17) is 4.74 Å². The van der Waals surface area contributed by atoms with Gasteiger partial charge >= 0.3 is 5.97 Å². The van der Waals surface area contributed by atoms with Crippen molar-refractivity contribution in [3.05, 3.63) is 35.5 Å². The molecule has 7 heteroatoms. The number of carboxylic acids is 1. The van der Waals surface area contributed by atoms with Gasteiger partial charge in [0, 0.05) is 10.9 Å². The summed E-state index contributed by atoms with van der Waals surface area (Å²) in [5.74, 6) is -0.492. The fourth-order valence-corrected chi connectivity index (χ4v) is 2.83. The van der Waals surface area contributed by atoms with E-state index in [0.717, 1.165) is 11.3 Å². The van der Waals surface area contributed by atoms with Crippen LogP contribution in [0, 0.1) is 0 Å². The van der Waals surface area contributed by atoms with Gasteiger partial charge in [-0.1, -0.05) is 12.1 Å². The standard InChI is InChI=1S/C13H11N3O3S/c1-2-19-10-6-4-3-5-8(10)9-7-20-13-15-14-11(12(17)18)16(9)13/h3-7H,2H2,1H3,(H,17,18). The highest BCUT2D eigenvalue weighted by molar-refractivity contribution is 7.15. The molecule has 2 heterocycles. The number of ether oxygens (including phenoxy) is 1. The normalized spacial score (nSPS) is 10.8. The van der Waals surface area contributed by atoms with Crippen molar-refractivity contribution in [3.63, 3.8) is 0 Å². The molecule has 0 unspecified atom stereocenters. The van der Waals surface area contributed by atoms with E-state index >= 15 is 0 Å². The second-order valence-electron chi connectivity index (χ2n) is 4.00. The number of aromatic carboxylic acids is 1. The van der Waals surface area contributed by atoms with E-state index in [1.54, 1.807) is 0 Å². The zero-order chi connectivity index (χ0) is 14.1. The van der Waals surface area contributed by atoms with Gasteiger partial charge in [-0.3, -0.25) is 4.40 Å². The van der Waals surface area contributed by atoms with Crippen LogP contribution < -0.4 is 4.74 Å². The summed E-state index contributed by atoms with van der Waals surface area (Å²) in [6.45, 7) is 2.44. The van der Waals surface area contributed by atoms with Gasteiger partial charge in [0.15, 0.2) is 0 Å². The first-order valence-electron chi connectivity index (χ1n) is 6.00. The predicted octanol–water partition coefficient (Wildman–Crippen LogP) is 2.55. The van der Waals surface area contributed by atoms with Gasteiger partial charge in [-0.05, 0) is 19.1 Å². The summed E-state index contributed by atoms with van der Waals surface area (Å²) in [4.78, 5) is 11.8. The summed E-state index contributed by atoms with van der Waals surface area (Å²) in [5, 5.41) is 18.6. The van der Waals surface area contributed by atoms with Crippen molar-refractivity contribution >= 4 is 22.3 Å². The van der Waals surface area contributed by atoms with Crippen LogP contribution in [0.2, 0.25) is 0 Å². The van der Waals surface area contributed by atoms with Gasteiger partial charge in [0.1, 0.15) is 5.75 Å². The van der Waals surface area contributed by atoms with Crippen LogP contribution in [0.4, 0.5) is 0 Å². The van der Waals surface area contributed by atoms with Crippen LogP contribution in [-0.4, -0.2) is 32.3 Å². The minimum atomic E-state index is -1.11. The highest BCUT2D eigenvalue weighted by Gasteiger charge is 2.19. The summed E-state index contributed by atoms with van der Waals surface area (Å²) < 4.78 is 7.12. The van der Waals surface area contributed by atoms with E-state index in [0.29, 0.717) is 17.3 Å². The third-order valence-corrected chi connectivity index (χ3v) is 3.62. The van der Waals surface area contributed by atoms with E-state index in [1.165, 1.54) is 15.7 Å². The van der Waals surface area contributed by atoms with Crippen molar-refractivity contribution in [2.75, 3.05) is 6.61 Å². The van der Waals surface area contributed by atoms with Gasteiger partial charge in [-0.2, -0.15) is 0 Å². The molecule has 1 N–H and O–H groups in total. The Hall–Kier alpha value is -2.41. The van der Waals surface area contributed by atoms with Crippen LogP contribution in [0.5, 0.6) is 5.75 Å². The third kappa shape index (κ3) is 1.92. The third-order valence-electron chi connectivity index (χ3n) is 2.80. The maximum Gasteiger partial charge on any atom is 0.374 e. The van der Waals surface area contributed by atoms with Crippen molar-refractivity contribution < 1.29 is 14.6 Å². The molecule has 20 heavy (non-hydrogen) atoms. The van der Waals surface area contributed by atoms with E-state index < -0.39 is 5.97 Å². The van der Waals surface area contributed by atoms with Gasteiger partial charge in [-0.15, -0.1) is 21.5 Å². The highest BCUT2D eigenvalue weighted by atomic mass is 32.1. The van der Waals surface area contributed by atoms with E-state index in [-0.39, 0.29) is 5.82 Å². The van der Waals surface area contributed by atoms with Crippen LogP contribution >= 0.6 is 11.3 Å². The Kier molecular flexibility index (Phi) is 3.11. The number of fused-ring (bicyclic) bond motifs is 1. The molecule has 2 aromatic heterocycles. The lowest BCUT2D eigenvalue weighted by atomic mass is 10.1. The van der Waals surface area contributed by atoms with Crippen molar-refractivity contribution in [1.82, 2.24) is 14.6 Å². The molecule has 102 valence electrons. The van der Waals surface area contributed by atoms with Crippen molar-refractivity contribution in [2.45, 2.75) is 6.92 Å². The SMILES string of the molecule is CCOc1ccccc1-c1csc2nnc(C(=O)O)n12. The Balaban J connectivity index is 2.24. The summed E-state index contributed by atoms with van der Waals surface area (Å²) in [7, 11) is 0. The Labute approximate surface area is 118 Å². The lowest BCUT2D eigenvalue weighted by Crippen LogP contribution is -2.04. The van der Waals surface area contributed by atoms with Gasteiger partial charge in [0.05, 0.1) is 12.3 Å². The Morgan fingerprint density at radius 3 is 2.95 bits per heavy atom. The maximum absolute atomic E-state index is 11.2. The average Bonchev–Trinajstić information content (AvgIpc) is 3.01. The molecule has 0 amide bonds. The second kappa shape index (κ2) is 4.93. The molecule has 0 atom stereocenters. The van der Waals surface area contributed by atoms with Gasteiger partial charge < -0.3 is 9.84 Å². The molecule has 0 fully saturated rings. The Bertz CT molecular complexity index is 778. The quantitative estimate of drug-likeness (QED) is 0.798. The van der Waals surface area contributed by atoms with Crippen molar-refractivity contribution in [2.24, 2.45) is 0 Å². The number of aromatic nitrogens is 3. The first-order chi connectivity index (χ1) is 9.72. The van der Waals surface area contributed by atoms with Gasteiger partial charge in [0.2, 0.25) is 10.8 Å². The first-order valence-corrected chi connectivity index (χ1v) is 6.88. The molecule has 1 aromatic carbocycles. The summed E-state index contributed by atoms with van der Waals surface area (Å²) >= 11 is 1.34. The fourth-order valence-electron chi connectivity index (χ4n) is 2.01. The number of rotatable bonds is 4. The van der Waals surface area contributed by atoms with Crippen LogP contribution in [0.15, 0.2) is 29.6 Å². The molecule has 0 aliphatic heterocycles. The molecule has 0 aliphatic rings. The maximum atomic E-state index is 11.2. The first kappa shape index (κ1) is 12.6. The number of thiazole rings is 1. The van der Waals surface area contributed by atoms with E-state index in [2.05, 4.69) is 10.2 Å². The minimum Gasteiger partial charge on any atom is -0.493 e. The molecule has 0 aliphatic carbocycles. The number of hydrogen-bond acceptors (Lipinski definition) is 5.